The summed E-state index contributed by atoms with van der Waals surface area (Å²) in [6.07, 6.45) is -3.84. The molecule has 0 aliphatic carbocycles. The summed E-state index contributed by atoms with van der Waals surface area (Å²) < 4.78 is 45.3. The van der Waals surface area contributed by atoms with Crippen molar-refractivity contribution >= 4 is 23.2 Å². The third-order valence-electron chi connectivity index (χ3n) is 6.59. The van der Waals surface area contributed by atoms with E-state index in [0.717, 1.165) is 34.3 Å². The number of rotatable bonds is 5. The predicted octanol–water partition coefficient (Wildman–Crippen LogP) is 7.78. The first kappa shape index (κ1) is 25.8. The van der Waals surface area contributed by atoms with Crippen LogP contribution in [-0.4, -0.2) is 0 Å². The lowest BCUT2D eigenvalue weighted by Gasteiger charge is -2.28. The molecule has 0 aromatic heterocycles. The van der Waals surface area contributed by atoms with Crippen LogP contribution < -0.4 is 20.7 Å². The van der Waals surface area contributed by atoms with Crippen molar-refractivity contribution in [3.8, 4) is 5.75 Å². The van der Waals surface area contributed by atoms with Gasteiger partial charge in [0, 0.05) is 0 Å². The van der Waals surface area contributed by atoms with Gasteiger partial charge >= 0.3 is 6.18 Å². The van der Waals surface area contributed by atoms with Crippen molar-refractivity contribution in [2.45, 2.75) is 18.9 Å². The fourth-order valence-electron chi connectivity index (χ4n) is 4.74. The van der Waals surface area contributed by atoms with Gasteiger partial charge in [0.2, 0.25) is 0 Å². The molecule has 7 rings (SSSR count). The Kier molecular flexibility index (Phi) is 7.62. The van der Waals surface area contributed by atoms with E-state index in [4.69, 9.17) is 4.74 Å². The minimum atomic E-state index is -4.36. The Balaban J connectivity index is 0.000000310. The highest BCUT2D eigenvalue weighted by atomic mass is 31.2. The van der Waals surface area contributed by atoms with E-state index in [1.54, 1.807) is 6.07 Å². The van der Waals surface area contributed by atoms with Gasteiger partial charge in [-0.3, -0.25) is 0 Å². The third kappa shape index (κ3) is 5.66. The molecule has 2 heterocycles. The maximum absolute atomic E-state index is 13.4. The van der Waals surface area contributed by atoms with Crippen molar-refractivity contribution in [2.24, 2.45) is 0 Å². The van der Waals surface area contributed by atoms with Gasteiger partial charge < -0.3 is 4.74 Å². The maximum Gasteiger partial charge on any atom is 0.416 e. The van der Waals surface area contributed by atoms with Gasteiger partial charge in [0.25, 0.3) is 0 Å². The molecule has 0 radical (unpaired) electrons. The van der Waals surface area contributed by atoms with Crippen LogP contribution in [-0.2, 0) is 18.9 Å². The molecule has 0 unspecified atom stereocenters. The zero-order valence-electron chi connectivity index (χ0n) is 20.7. The van der Waals surface area contributed by atoms with E-state index in [-0.39, 0.29) is 0 Å². The van der Waals surface area contributed by atoms with E-state index < -0.39 is 19.0 Å². The van der Waals surface area contributed by atoms with Crippen LogP contribution in [0.5, 0.6) is 5.75 Å². The van der Waals surface area contributed by atoms with Crippen molar-refractivity contribution < 1.29 is 17.9 Å². The summed E-state index contributed by atoms with van der Waals surface area (Å²) in [5.74, 6) is 0.986. The van der Waals surface area contributed by atoms with Crippen LogP contribution in [0.25, 0.3) is 0 Å². The van der Waals surface area contributed by atoms with E-state index in [1.165, 1.54) is 17.7 Å². The molecule has 5 aromatic rings. The molecule has 0 fully saturated rings. The molecular weight excluding hydrogens is 500 g/mol. The van der Waals surface area contributed by atoms with Crippen molar-refractivity contribution in [1.82, 2.24) is 0 Å². The second-order valence-corrected chi connectivity index (χ2v) is 12.6. The van der Waals surface area contributed by atoms with E-state index >= 15 is 0 Å². The lowest BCUT2D eigenvalue weighted by Crippen LogP contribution is -2.32. The van der Waals surface area contributed by atoms with Crippen LogP contribution in [0.1, 0.15) is 16.7 Å². The second-order valence-electron chi connectivity index (χ2n) is 9.11. The number of halogens is 3. The first-order chi connectivity index (χ1) is 18.4. The number of fused-ring (bicyclic) bond motifs is 3. The second kappa shape index (κ2) is 11.2. The average molecular weight is 528 g/mol. The molecule has 0 saturated heterocycles. The van der Waals surface area contributed by atoms with Crippen LogP contribution >= 0.6 is 7.26 Å². The highest BCUT2D eigenvalue weighted by molar-refractivity contribution is 7.95. The van der Waals surface area contributed by atoms with Crippen molar-refractivity contribution in [2.75, 3.05) is 0 Å². The summed E-state index contributed by atoms with van der Waals surface area (Å²) in [6, 6.07) is 44.4. The Morgan fingerprint density at radius 3 is 1.42 bits per heavy atom. The monoisotopic (exact) mass is 527 g/mol. The van der Waals surface area contributed by atoms with Gasteiger partial charge in [-0.15, -0.1) is 0 Å². The number of ether oxygens (including phenoxy) is 1. The topological polar surface area (TPSA) is 9.23 Å². The summed E-state index contributed by atoms with van der Waals surface area (Å²) in [7, 11) is -2.21. The summed E-state index contributed by atoms with van der Waals surface area (Å²) in [5, 5.41) is 3.46. The molecule has 38 heavy (non-hydrogen) atoms. The minimum Gasteiger partial charge on any atom is -0.489 e. The molecule has 0 atom stereocenters. The van der Waals surface area contributed by atoms with Crippen LogP contribution in [0.3, 0.4) is 0 Å². The van der Waals surface area contributed by atoms with Crippen molar-refractivity contribution in [3.63, 3.8) is 0 Å². The van der Waals surface area contributed by atoms with E-state index in [2.05, 4.69) is 48.5 Å². The van der Waals surface area contributed by atoms with Gasteiger partial charge in [-0.2, -0.15) is 13.2 Å². The Morgan fingerprint density at radius 2 is 1.08 bits per heavy atom. The van der Waals surface area contributed by atoms with Gasteiger partial charge in [0.15, 0.2) is 0 Å². The quantitative estimate of drug-likeness (QED) is 0.212. The van der Waals surface area contributed by atoms with E-state index in [0.29, 0.717) is 11.7 Å². The highest BCUT2D eigenvalue weighted by Gasteiger charge is 2.45. The van der Waals surface area contributed by atoms with Crippen LogP contribution in [0.15, 0.2) is 140 Å². The molecule has 190 valence electrons. The standard InChI is InChI=1S/C26H21F3P.C7H6O/c27-26(28,29)22-12-10-11-21(19-22)20-30(23-13-4-1-5-14-23,24-15-6-2-7-16-24)25-17-8-3-9-18-25;1-3-7-4-2-6(1)5-8-7/h1-19H,20H2;1-4H,5H2/q+1;. The third-order valence-corrected chi connectivity index (χ3v) is 11.0. The molecule has 2 aliphatic heterocycles. The molecule has 1 nitrogen and oxygen atoms in total. The fourth-order valence-corrected chi connectivity index (χ4v) is 8.97. The van der Waals surface area contributed by atoms with Crippen LogP contribution in [0.4, 0.5) is 13.2 Å². The Hall–Kier alpha value is -3.88. The summed E-state index contributed by atoms with van der Waals surface area (Å²) >= 11 is 0. The number of hydrogen-bond acceptors (Lipinski definition) is 1. The summed E-state index contributed by atoms with van der Waals surface area (Å²) in [6.45, 7) is 0.766. The first-order valence-corrected chi connectivity index (χ1v) is 14.4. The Labute approximate surface area is 221 Å². The largest absolute Gasteiger partial charge is 0.489 e. The Morgan fingerprint density at radius 1 is 0.579 bits per heavy atom. The van der Waals surface area contributed by atoms with Gasteiger partial charge in [-0.25, -0.2) is 0 Å². The number of alkyl halides is 3. The van der Waals surface area contributed by atoms with Gasteiger partial charge in [0.1, 0.15) is 35.5 Å². The minimum absolute atomic E-state index is 0.523. The van der Waals surface area contributed by atoms with Crippen molar-refractivity contribution in [1.29, 1.82) is 0 Å². The number of benzene rings is 5. The maximum atomic E-state index is 13.4. The van der Waals surface area contributed by atoms with E-state index in [9.17, 15) is 13.2 Å². The fraction of sp³-hybridized carbons (Fsp3) is 0.0909. The molecule has 5 aromatic carbocycles. The smallest absolute Gasteiger partial charge is 0.416 e. The van der Waals surface area contributed by atoms with Gasteiger partial charge in [0.05, 0.1) is 11.7 Å². The lowest BCUT2D eigenvalue weighted by molar-refractivity contribution is -0.137. The molecule has 2 aliphatic rings. The molecule has 0 N–H and O–H groups in total. The van der Waals surface area contributed by atoms with Crippen molar-refractivity contribution in [3.05, 3.63) is 156 Å². The predicted molar refractivity (Wildman–Crippen MR) is 151 cm³/mol. The summed E-state index contributed by atoms with van der Waals surface area (Å²) in [5.41, 5.74) is 1.35. The normalized spacial score (nSPS) is 12.3. The molecular formula is C33H27F3OP+. The molecule has 0 spiro atoms. The zero-order valence-corrected chi connectivity index (χ0v) is 21.6. The van der Waals surface area contributed by atoms with Gasteiger partial charge in [-0.1, -0.05) is 78.9 Å². The SMILES string of the molecule is FC(F)(F)c1cccc(C[P+](c2ccccc2)(c2ccccc2)c2ccccc2)c1.c1cc2ccc1CO2. The molecule has 5 heteroatoms. The van der Waals surface area contributed by atoms with E-state index in [1.807, 2.05) is 66.7 Å². The zero-order chi connectivity index (χ0) is 26.4. The highest BCUT2D eigenvalue weighted by Crippen LogP contribution is 2.58. The number of hydrogen-bond donors (Lipinski definition) is 0. The summed E-state index contributed by atoms with van der Waals surface area (Å²) in [4.78, 5) is 0. The molecule has 2 bridgehead atoms. The van der Waals surface area contributed by atoms with Gasteiger partial charge in [-0.05, 0) is 71.8 Å². The van der Waals surface area contributed by atoms with Crippen LogP contribution in [0, 0.1) is 0 Å². The Bertz CT molecular complexity index is 1330. The lowest BCUT2D eigenvalue weighted by atomic mass is 10.1. The first-order valence-electron chi connectivity index (χ1n) is 12.4. The molecule has 0 amide bonds. The molecule has 0 saturated carbocycles. The van der Waals surface area contributed by atoms with Crippen LogP contribution in [0.2, 0.25) is 0 Å². The average Bonchev–Trinajstić information content (AvgIpc) is 2.98.